The molecule has 5 atom stereocenters. The monoisotopic (exact) mass is 348 g/mol. The van der Waals surface area contributed by atoms with Gasteiger partial charge in [0.15, 0.2) is 23.8 Å². The third-order valence-electron chi connectivity index (χ3n) is 3.88. The van der Waals surface area contributed by atoms with Crippen LogP contribution in [-0.4, -0.2) is 71.7 Å². The van der Waals surface area contributed by atoms with Crippen LogP contribution in [0.4, 0.5) is 5.82 Å². The smallest absolute Gasteiger partial charge is 0.252 e. The molecular weight excluding hydrogens is 332 g/mol. The summed E-state index contributed by atoms with van der Waals surface area (Å²) in [6, 6.07) is 0. The van der Waals surface area contributed by atoms with E-state index in [0.29, 0.717) is 5.52 Å². The Hall–Kier alpha value is -2.78. The van der Waals surface area contributed by atoms with E-state index in [4.69, 9.17) is 16.9 Å². The molecule has 1 amide bonds. The number of carbonyl (C=O) groups is 1. The average molecular weight is 348 g/mol. The first-order valence-electron chi connectivity index (χ1n) is 7.29. The van der Waals surface area contributed by atoms with E-state index in [-0.39, 0.29) is 18.0 Å². The number of fused-ring (bicyclic) bond motifs is 1. The summed E-state index contributed by atoms with van der Waals surface area (Å²) < 4.78 is 6.84. The van der Waals surface area contributed by atoms with Gasteiger partial charge in [-0.05, 0) is 0 Å². The SMILES string of the molecule is C#CCNC(=O)C(O)[C@H]1O[C@@H](n2cnc3c(N)ncnc32)[C@H](O)[C@@H]1O. The van der Waals surface area contributed by atoms with E-state index in [9.17, 15) is 20.1 Å². The molecule has 0 aliphatic carbocycles. The van der Waals surface area contributed by atoms with Crippen molar-refractivity contribution >= 4 is 22.9 Å². The number of nitrogens with zero attached hydrogens (tertiary/aromatic N) is 4. The maximum absolute atomic E-state index is 11.8. The molecule has 0 spiro atoms. The Morgan fingerprint density at radius 1 is 1.44 bits per heavy atom. The first-order valence-corrected chi connectivity index (χ1v) is 7.29. The molecule has 1 aliphatic rings. The fourth-order valence-corrected chi connectivity index (χ4v) is 2.62. The lowest BCUT2D eigenvalue weighted by molar-refractivity contribution is -0.143. The molecule has 6 N–H and O–H groups in total. The van der Waals surface area contributed by atoms with Crippen molar-refractivity contribution in [1.29, 1.82) is 0 Å². The molecular formula is C14H16N6O5. The summed E-state index contributed by atoms with van der Waals surface area (Å²) in [4.78, 5) is 23.7. The van der Waals surface area contributed by atoms with Crippen molar-refractivity contribution in [1.82, 2.24) is 24.8 Å². The van der Waals surface area contributed by atoms with Gasteiger partial charge in [-0.25, -0.2) is 15.0 Å². The number of hydrogen-bond acceptors (Lipinski definition) is 9. The van der Waals surface area contributed by atoms with Crippen LogP contribution in [0.15, 0.2) is 12.7 Å². The fourth-order valence-electron chi connectivity index (χ4n) is 2.62. The van der Waals surface area contributed by atoms with Gasteiger partial charge in [-0.15, -0.1) is 6.42 Å². The van der Waals surface area contributed by atoms with E-state index >= 15 is 0 Å². The summed E-state index contributed by atoms with van der Waals surface area (Å²) in [6.45, 7) is -0.0902. The van der Waals surface area contributed by atoms with Crippen LogP contribution in [-0.2, 0) is 9.53 Å². The summed E-state index contributed by atoms with van der Waals surface area (Å²) in [5, 5.41) is 32.7. The Morgan fingerprint density at radius 3 is 2.92 bits per heavy atom. The third kappa shape index (κ3) is 2.87. The number of aliphatic hydroxyl groups is 3. The molecule has 0 radical (unpaired) electrons. The van der Waals surface area contributed by atoms with Gasteiger partial charge in [-0.1, -0.05) is 5.92 Å². The summed E-state index contributed by atoms with van der Waals surface area (Å²) >= 11 is 0. The minimum Gasteiger partial charge on any atom is -0.387 e. The number of nitrogen functional groups attached to an aromatic ring is 1. The van der Waals surface area contributed by atoms with Gasteiger partial charge < -0.3 is 31.1 Å². The second-order valence-corrected chi connectivity index (χ2v) is 5.42. The number of hydrogen-bond donors (Lipinski definition) is 5. The quantitative estimate of drug-likeness (QED) is 0.365. The van der Waals surface area contributed by atoms with E-state index in [1.54, 1.807) is 0 Å². The van der Waals surface area contributed by atoms with Gasteiger partial charge in [0, 0.05) is 0 Å². The first kappa shape index (κ1) is 17.1. The molecule has 3 rings (SSSR count). The van der Waals surface area contributed by atoms with Gasteiger partial charge >= 0.3 is 0 Å². The highest BCUT2D eigenvalue weighted by Gasteiger charge is 2.49. The average Bonchev–Trinajstić information content (AvgIpc) is 3.15. The fraction of sp³-hybridized carbons (Fsp3) is 0.429. The second-order valence-electron chi connectivity index (χ2n) is 5.42. The lowest BCUT2D eigenvalue weighted by Gasteiger charge is -2.20. The normalized spacial score (nSPS) is 27.1. The number of anilines is 1. The van der Waals surface area contributed by atoms with E-state index in [2.05, 4.69) is 26.2 Å². The number of ether oxygens (including phenoxy) is 1. The van der Waals surface area contributed by atoms with Crippen molar-refractivity contribution in [3.63, 3.8) is 0 Å². The van der Waals surface area contributed by atoms with Crippen LogP contribution < -0.4 is 11.1 Å². The molecule has 0 bridgehead atoms. The van der Waals surface area contributed by atoms with E-state index in [1.165, 1.54) is 17.2 Å². The Labute approximate surface area is 141 Å². The zero-order valence-corrected chi connectivity index (χ0v) is 12.9. The Morgan fingerprint density at radius 2 is 2.20 bits per heavy atom. The number of rotatable bonds is 4. The minimum absolute atomic E-state index is 0.0902. The van der Waals surface area contributed by atoms with E-state index < -0.39 is 36.6 Å². The predicted molar refractivity (Wildman–Crippen MR) is 83.5 cm³/mol. The zero-order chi connectivity index (χ0) is 18.1. The Kier molecular flexibility index (Phi) is 4.51. The number of nitrogens with one attached hydrogen (secondary N) is 1. The molecule has 3 heterocycles. The molecule has 2 aromatic heterocycles. The lowest BCUT2D eigenvalue weighted by Crippen LogP contribution is -2.47. The zero-order valence-electron chi connectivity index (χ0n) is 12.9. The predicted octanol–water partition coefficient (Wildman–Crippen LogP) is -2.86. The van der Waals surface area contributed by atoms with Gasteiger partial charge in [-0.3, -0.25) is 9.36 Å². The van der Waals surface area contributed by atoms with Crippen LogP contribution in [0.5, 0.6) is 0 Å². The van der Waals surface area contributed by atoms with Gasteiger partial charge in [0.1, 0.15) is 30.2 Å². The lowest BCUT2D eigenvalue weighted by atomic mass is 10.1. The summed E-state index contributed by atoms with van der Waals surface area (Å²) in [7, 11) is 0. The molecule has 0 saturated carbocycles. The topological polar surface area (TPSA) is 169 Å². The molecule has 11 nitrogen and oxygen atoms in total. The van der Waals surface area contributed by atoms with Crippen molar-refractivity contribution < 1.29 is 24.9 Å². The highest BCUT2D eigenvalue weighted by Crippen LogP contribution is 2.33. The molecule has 25 heavy (non-hydrogen) atoms. The van der Waals surface area contributed by atoms with Gasteiger partial charge in [-0.2, -0.15) is 0 Å². The third-order valence-corrected chi connectivity index (χ3v) is 3.88. The van der Waals surface area contributed by atoms with Crippen molar-refractivity contribution in [3.8, 4) is 12.3 Å². The van der Waals surface area contributed by atoms with Gasteiger partial charge in [0.25, 0.3) is 5.91 Å². The summed E-state index contributed by atoms with van der Waals surface area (Å²) in [5.41, 5.74) is 6.27. The number of nitrogens with two attached hydrogens (primary N) is 1. The van der Waals surface area contributed by atoms with E-state index in [0.717, 1.165) is 0 Å². The molecule has 1 fully saturated rings. The van der Waals surface area contributed by atoms with Crippen molar-refractivity contribution in [2.24, 2.45) is 0 Å². The van der Waals surface area contributed by atoms with Crippen LogP contribution in [0.3, 0.4) is 0 Å². The molecule has 11 heteroatoms. The van der Waals surface area contributed by atoms with Gasteiger partial charge in [0.05, 0.1) is 12.9 Å². The molecule has 1 aliphatic heterocycles. The molecule has 1 unspecified atom stereocenters. The van der Waals surface area contributed by atoms with Crippen molar-refractivity contribution in [2.75, 3.05) is 12.3 Å². The maximum atomic E-state index is 11.8. The number of aliphatic hydroxyl groups excluding tert-OH is 3. The second kappa shape index (κ2) is 6.61. The van der Waals surface area contributed by atoms with Crippen LogP contribution in [0.2, 0.25) is 0 Å². The van der Waals surface area contributed by atoms with Gasteiger partial charge in [0.2, 0.25) is 0 Å². The minimum atomic E-state index is -1.72. The Balaban J connectivity index is 1.86. The molecule has 2 aromatic rings. The van der Waals surface area contributed by atoms with Crippen LogP contribution in [0, 0.1) is 12.3 Å². The van der Waals surface area contributed by atoms with E-state index in [1.807, 2.05) is 0 Å². The van der Waals surface area contributed by atoms with Crippen molar-refractivity contribution in [2.45, 2.75) is 30.6 Å². The molecule has 0 aromatic carbocycles. The van der Waals surface area contributed by atoms with Crippen molar-refractivity contribution in [3.05, 3.63) is 12.7 Å². The summed E-state index contributed by atoms with van der Waals surface area (Å²) in [6.07, 6.45) is 0.378. The Bertz CT molecular complexity index is 833. The van der Waals surface area contributed by atoms with Crippen LogP contribution in [0.1, 0.15) is 6.23 Å². The highest BCUT2D eigenvalue weighted by molar-refractivity contribution is 5.82. The number of imidazole rings is 1. The first-order chi connectivity index (χ1) is 12.0. The highest BCUT2D eigenvalue weighted by atomic mass is 16.6. The number of carbonyl (C=O) groups excluding carboxylic acids is 1. The maximum Gasteiger partial charge on any atom is 0.252 e. The van der Waals surface area contributed by atoms with Crippen LogP contribution >= 0.6 is 0 Å². The van der Waals surface area contributed by atoms with Crippen LogP contribution in [0.25, 0.3) is 11.2 Å². The molecule has 132 valence electrons. The largest absolute Gasteiger partial charge is 0.387 e. The summed E-state index contributed by atoms with van der Waals surface area (Å²) in [5.74, 6) is 1.50. The number of amides is 1. The molecule has 1 saturated heterocycles. The number of terminal acetylenes is 1. The number of aromatic nitrogens is 4. The standard InChI is InChI=1S/C14H16N6O5/c1-2-3-16-13(24)9(23)10-7(21)8(22)14(25-10)20-5-19-6-11(15)17-4-18-12(6)20/h1,4-5,7-10,14,21-23H,3H2,(H,16,24)(H2,15,17,18)/t7-,8+,9?,10-,14+/m0/s1.